The van der Waals surface area contributed by atoms with E-state index in [1.165, 1.54) is 32.1 Å². The topological polar surface area (TPSA) is 74.6 Å². The van der Waals surface area contributed by atoms with E-state index in [1.807, 2.05) is 20.8 Å². The number of carboxylic acids is 2. The van der Waals surface area contributed by atoms with Gasteiger partial charge in [-0.15, -0.1) is 0 Å². The zero-order valence-electron chi connectivity index (χ0n) is 15.9. The predicted molar refractivity (Wildman–Crippen MR) is 98.2 cm³/mol. The van der Waals surface area contributed by atoms with E-state index < -0.39 is 11.9 Å². The van der Waals surface area contributed by atoms with Gasteiger partial charge in [0.2, 0.25) is 0 Å². The van der Waals surface area contributed by atoms with Crippen LogP contribution in [0.2, 0.25) is 0 Å². The minimum atomic E-state index is -0.914. The Morgan fingerprint density at radius 3 is 1.64 bits per heavy atom. The van der Waals surface area contributed by atoms with Crippen LogP contribution in [0.15, 0.2) is 23.8 Å². The summed E-state index contributed by atoms with van der Waals surface area (Å²) in [6.45, 7) is 10.6. The van der Waals surface area contributed by atoms with E-state index in [-0.39, 0.29) is 11.0 Å². The summed E-state index contributed by atoms with van der Waals surface area (Å²) in [5.74, 6) is 2.45. The first-order chi connectivity index (χ1) is 11.5. The molecule has 4 saturated carbocycles. The SMILES string of the molecule is C=C(C(=O)O)C(C)(C)C.CC(=CC1C2CC3CC(C2)CC1C3)C(=O)O. The van der Waals surface area contributed by atoms with Crippen molar-refractivity contribution in [2.24, 2.45) is 35.0 Å². The van der Waals surface area contributed by atoms with Crippen molar-refractivity contribution in [1.82, 2.24) is 0 Å². The average molecular weight is 348 g/mol. The molecule has 0 heterocycles. The van der Waals surface area contributed by atoms with Gasteiger partial charge in [0.05, 0.1) is 0 Å². The van der Waals surface area contributed by atoms with Crippen LogP contribution in [-0.4, -0.2) is 22.2 Å². The van der Waals surface area contributed by atoms with E-state index in [0.29, 0.717) is 11.5 Å². The van der Waals surface area contributed by atoms with Gasteiger partial charge >= 0.3 is 11.9 Å². The van der Waals surface area contributed by atoms with E-state index in [2.05, 4.69) is 12.7 Å². The van der Waals surface area contributed by atoms with Crippen molar-refractivity contribution in [3.63, 3.8) is 0 Å². The number of allylic oxidation sites excluding steroid dienone is 1. The van der Waals surface area contributed by atoms with Crippen LogP contribution in [0.25, 0.3) is 0 Å². The van der Waals surface area contributed by atoms with Gasteiger partial charge in [0.25, 0.3) is 0 Å². The van der Waals surface area contributed by atoms with Crippen LogP contribution in [0.1, 0.15) is 59.8 Å². The van der Waals surface area contributed by atoms with Gasteiger partial charge in [-0.25, -0.2) is 9.59 Å². The van der Waals surface area contributed by atoms with Crippen molar-refractivity contribution < 1.29 is 19.8 Å². The zero-order chi connectivity index (χ0) is 18.9. The molecule has 0 amide bonds. The molecular weight excluding hydrogens is 316 g/mol. The number of carboxylic acid groups (broad SMARTS) is 2. The Balaban J connectivity index is 0.000000217. The average Bonchev–Trinajstić information content (AvgIpc) is 2.48. The van der Waals surface area contributed by atoms with Crippen LogP contribution in [0, 0.1) is 35.0 Å². The van der Waals surface area contributed by atoms with E-state index in [4.69, 9.17) is 10.2 Å². The van der Waals surface area contributed by atoms with Crippen LogP contribution in [0.4, 0.5) is 0 Å². The zero-order valence-corrected chi connectivity index (χ0v) is 15.9. The Hall–Kier alpha value is -1.58. The molecule has 4 bridgehead atoms. The summed E-state index contributed by atoms with van der Waals surface area (Å²) in [7, 11) is 0. The van der Waals surface area contributed by atoms with Gasteiger partial charge in [0.1, 0.15) is 0 Å². The van der Waals surface area contributed by atoms with E-state index >= 15 is 0 Å². The van der Waals surface area contributed by atoms with Crippen LogP contribution in [0.3, 0.4) is 0 Å². The monoisotopic (exact) mass is 348 g/mol. The molecule has 4 rings (SSSR count). The third-order valence-corrected chi connectivity index (χ3v) is 6.24. The molecule has 140 valence electrons. The maximum atomic E-state index is 10.9. The van der Waals surface area contributed by atoms with Crippen LogP contribution in [-0.2, 0) is 9.59 Å². The lowest BCUT2D eigenvalue weighted by molar-refractivity contribution is -0.134. The van der Waals surface area contributed by atoms with Gasteiger partial charge in [0.15, 0.2) is 0 Å². The van der Waals surface area contributed by atoms with Crippen molar-refractivity contribution in [2.75, 3.05) is 0 Å². The Bertz CT molecular complexity index is 551. The fourth-order valence-electron chi connectivity index (χ4n) is 4.92. The molecule has 0 atom stereocenters. The molecule has 2 N–H and O–H groups in total. The fourth-order valence-corrected chi connectivity index (χ4v) is 4.92. The Morgan fingerprint density at radius 1 is 0.920 bits per heavy atom. The van der Waals surface area contributed by atoms with Crippen molar-refractivity contribution in [2.45, 2.75) is 59.8 Å². The van der Waals surface area contributed by atoms with Gasteiger partial charge in [-0.05, 0) is 74.0 Å². The molecule has 0 unspecified atom stereocenters. The smallest absolute Gasteiger partial charge is 0.331 e. The highest BCUT2D eigenvalue weighted by Gasteiger charge is 2.47. The quantitative estimate of drug-likeness (QED) is 0.721. The highest BCUT2D eigenvalue weighted by molar-refractivity contribution is 5.87. The molecule has 4 aliphatic rings. The van der Waals surface area contributed by atoms with Crippen molar-refractivity contribution in [1.29, 1.82) is 0 Å². The lowest BCUT2D eigenvalue weighted by Crippen LogP contribution is -2.44. The molecule has 0 aromatic heterocycles. The normalized spacial score (nSPS) is 33.4. The molecule has 4 nitrogen and oxygen atoms in total. The molecule has 0 aromatic carbocycles. The molecule has 0 aromatic rings. The second-order valence-corrected chi connectivity index (χ2v) is 9.20. The highest BCUT2D eigenvalue weighted by Crippen LogP contribution is 2.57. The molecule has 4 aliphatic carbocycles. The maximum Gasteiger partial charge on any atom is 0.331 e. The van der Waals surface area contributed by atoms with Gasteiger partial charge in [-0.2, -0.15) is 0 Å². The lowest BCUT2D eigenvalue weighted by atomic mass is 9.52. The lowest BCUT2D eigenvalue weighted by Gasteiger charge is -2.53. The number of hydrogen-bond acceptors (Lipinski definition) is 2. The van der Waals surface area contributed by atoms with Crippen LogP contribution in [0.5, 0.6) is 0 Å². The number of hydrogen-bond donors (Lipinski definition) is 2. The molecule has 0 saturated heterocycles. The van der Waals surface area contributed by atoms with Gasteiger partial charge in [0, 0.05) is 11.1 Å². The van der Waals surface area contributed by atoms with Gasteiger partial charge < -0.3 is 10.2 Å². The second-order valence-electron chi connectivity index (χ2n) is 9.20. The Labute approximate surface area is 151 Å². The summed E-state index contributed by atoms with van der Waals surface area (Å²) in [6.07, 6.45) is 8.97. The van der Waals surface area contributed by atoms with Crippen LogP contribution >= 0.6 is 0 Å². The largest absolute Gasteiger partial charge is 0.478 e. The fraction of sp³-hybridized carbons (Fsp3) is 0.714. The summed E-state index contributed by atoms with van der Waals surface area (Å²) in [6, 6.07) is 0. The summed E-state index contributed by atoms with van der Waals surface area (Å²) in [5, 5.41) is 17.4. The predicted octanol–water partition coefficient (Wildman–Crippen LogP) is 4.76. The minimum Gasteiger partial charge on any atom is -0.478 e. The first kappa shape index (κ1) is 19.7. The summed E-state index contributed by atoms with van der Waals surface area (Å²) in [5.41, 5.74) is 0.492. The number of carbonyl (C=O) groups is 2. The Kier molecular flexibility index (Phi) is 5.80. The first-order valence-electron chi connectivity index (χ1n) is 9.33. The van der Waals surface area contributed by atoms with Crippen LogP contribution < -0.4 is 0 Å². The van der Waals surface area contributed by atoms with Gasteiger partial charge in [-0.3, -0.25) is 0 Å². The summed E-state index contributed by atoms with van der Waals surface area (Å²) >= 11 is 0. The van der Waals surface area contributed by atoms with E-state index in [9.17, 15) is 9.59 Å². The number of aliphatic carboxylic acids is 2. The minimum absolute atomic E-state index is 0.252. The standard InChI is InChI=1S/C14H20O2.C7H12O2/c1-8(14(15)16)2-13-11-4-9-3-10(6-11)7-12(13)5-9;1-5(6(8)9)7(2,3)4/h2,9-13H,3-7H2,1H3,(H,15,16);1H2,2-4H3,(H,8,9). The molecule has 0 radical (unpaired) electrons. The van der Waals surface area contributed by atoms with Crippen molar-refractivity contribution in [3.05, 3.63) is 23.8 Å². The molecule has 0 spiro atoms. The second kappa shape index (κ2) is 7.35. The van der Waals surface area contributed by atoms with Crippen molar-refractivity contribution >= 4 is 11.9 Å². The number of rotatable bonds is 3. The third-order valence-electron chi connectivity index (χ3n) is 6.24. The van der Waals surface area contributed by atoms with Crippen molar-refractivity contribution in [3.8, 4) is 0 Å². The molecule has 0 aliphatic heterocycles. The highest BCUT2D eigenvalue weighted by atomic mass is 16.4. The third kappa shape index (κ3) is 4.74. The summed E-state index contributed by atoms with van der Waals surface area (Å²) < 4.78 is 0. The van der Waals surface area contributed by atoms with Gasteiger partial charge in [-0.1, -0.05) is 33.4 Å². The molecule has 4 heteroatoms. The first-order valence-corrected chi connectivity index (χ1v) is 9.33. The Morgan fingerprint density at radius 2 is 1.36 bits per heavy atom. The molecule has 25 heavy (non-hydrogen) atoms. The molecule has 4 fully saturated rings. The molecular formula is C21H32O4. The van der Waals surface area contributed by atoms with E-state index in [1.54, 1.807) is 6.92 Å². The summed E-state index contributed by atoms with van der Waals surface area (Å²) in [4.78, 5) is 21.1. The van der Waals surface area contributed by atoms with E-state index in [0.717, 1.165) is 23.7 Å². The maximum absolute atomic E-state index is 10.9.